The number of carbonyl (C=O) groups is 1. The van der Waals surface area contributed by atoms with Crippen molar-refractivity contribution < 1.29 is 18.8 Å². The molecule has 0 aromatic carbocycles. The third-order valence-electron chi connectivity index (χ3n) is 2.36. The van der Waals surface area contributed by atoms with Crippen molar-refractivity contribution in [2.75, 3.05) is 26.2 Å². The molecule has 0 aliphatic heterocycles. The van der Waals surface area contributed by atoms with Crippen LogP contribution in [0.4, 0.5) is 5.82 Å². The first-order valence-electron chi connectivity index (χ1n) is 5.31. The number of ether oxygens (including phenoxy) is 2. The first kappa shape index (κ1) is 12.8. The molecule has 0 fully saturated rings. The second kappa shape index (κ2) is 5.34. The van der Waals surface area contributed by atoms with Gasteiger partial charge in [0.25, 0.3) is 5.91 Å². The highest BCUT2D eigenvalue weighted by atomic mass is 16.5. The Morgan fingerprint density at radius 1 is 1.26 bits per heavy atom. The lowest BCUT2D eigenvalue weighted by atomic mass is 10.4. The Labute approximate surface area is 109 Å². The van der Waals surface area contributed by atoms with Gasteiger partial charge in [-0.15, -0.1) is 0 Å². The number of hydrogen-bond acceptors (Lipinski definition) is 7. The number of aromatic nitrogens is 3. The van der Waals surface area contributed by atoms with Crippen LogP contribution in [0.5, 0.6) is 11.8 Å². The van der Waals surface area contributed by atoms with E-state index in [1.165, 1.54) is 38.5 Å². The minimum absolute atomic E-state index is 0.0540. The Kier molecular flexibility index (Phi) is 3.60. The molecule has 2 aromatic rings. The first-order valence-corrected chi connectivity index (χ1v) is 5.31. The molecule has 19 heavy (non-hydrogen) atoms. The SMILES string of the molecule is COc1cc(OC)nc(C(=O)N(C)c2ccon2)n1. The van der Waals surface area contributed by atoms with E-state index in [4.69, 9.17) is 9.47 Å². The molecule has 100 valence electrons. The predicted molar refractivity (Wildman–Crippen MR) is 64.4 cm³/mol. The van der Waals surface area contributed by atoms with Gasteiger partial charge in [0.05, 0.1) is 20.3 Å². The van der Waals surface area contributed by atoms with Gasteiger partial charge in [-0.2, -0.15) is 9.97 Å². The summed E-state index contributed by atoms with van der Waals surface area (Å²) in [6.07, 6.45) is 1.37. The Hall–Kier alpha value is -2.64. The summed E-state index contributed by atoms with van der Waals surface area (Å²) < 4.78 is 14.6. The summed E-state index contributed by atoms with van der Waals surface area (Å²) in [5.74, 6) is 0.329. The molecule has 0 bridgehead atoms. The third kappa shape index (κ3) is 2.62. The molecule has 2 rings (SSSR count). The molecule has 8 heteroatoms. The van der Waals surface area contributed by atoms with Crippen LogP contribution >= 0.6 is 0 Å². The van der Waals surface area contributed by atoms with Crippen molar-refractivity contribution in [3.05, 3.63) is 24.2 Å². The molecule has 2 aromatic heterocycles. The zero-order valence-corrected chi connectivity index (χ0v) is 10.7. The zero-order valence-electron chi connectivity index (χ0n) is 10.7. The monoisotopic (exact) mass is 264 g/mol. The fraction of sp³-hybridized carbons (Fsp3) is 0.273. The molecule has 0 N–H and O–H groups in total. The third-order valence-corrected chi connectivity index (χ3v) is 2.36. The van der Waals surface area contributed by atoms with E-state index in [0.29, 0.717) is 5.82 Å². The molecule has 2 heterocycles. The molecule has 0 saturated heterocycles. The number of nitrogens with zero attached hydrogens (tertiary/aromatic N) is 4. The standard InChI is InChI=1S/C11H12N4O4/c1-15(7-4-5-19-14-7)11(16)10-12-8(17-2)6-9(13-10)18-3/h4-6H,1-3H3. The van der Waals surface area contributed by atoms with Gasteiger partial charge < -0.3 is 14.0 Å². The number of amides is 1. The van der Waals surface area contributed by atoms with Gasteiger partial charge in [-0.25, -0.2) is 0 Å². The van der Waals surface area contributed by atoms with Crippen LogP contribution in [0.2, 0.25) is 0 Å². The van der Waals surface area contributed by atoms with E-state index >= 15 is 0 Å². The van der Waals surface area contributed by atoms with Crippen LogP contribution in [0.3, 0.4) is 0 Å². The van der Waals surface area contributed by atoms with Crippen molar-refractivity contribution in [1.29, 1.82) is 0 Å². The molecule has 0 saturated carbocycles. The number of methoxy groups -OCH3 is 2. The highest BCUT2D eigenvalue weighted by Crippen LogP contribution is 2.17. The molecule has 0 spiro atoms. The van der Waals surface area contributed by atoms with E-state index in [1.54, 1.807) is 6.07 Å². The van der Waals surface area contributed by atoms with Crippen molar-refractivity contribution >= 4 is 11.7 Å². The van der Waals surface area contributed by atoms with Gasteiger partial charge >= 0.3 is 0 Å². The van der Waals surface area contributed by atoms with Crippen LogP contribution in [-0.4, -0.2) is 42.3 Å². The summed E-state index contributed by atoms with van der Waals surface area (Å²) >= 11 is 0. The minimum atomic E-state index is -0.453. The molecule has 0 unspecified atom stereocenters. The fourth-order valence-electron chi connectivity index (χ4n) is 1.34. The van der Waals surface area contributed by atoms with Gasteiger partial charge in [0.2, 0.25) is 17.6 Å². The van der Waals surface area contributed by atoms with Gasteiger partial charge in [0.15, 0.2) is 5.82 Å². The zero-order chi connectivity index (χ0) is 13.8. The Morgan fingerprint density at radius 3 is 2.37 bits per heavy atom. The smallest absolute Gasteiger partial charge is 0.297 e. The van der Waals surface area contributed by atoms with E-state index in [1.807, 2.05) is 0 Å². The van der Waals surface area contributed by atoms with Gasteiger partial charge in [-0.3, -0.25) is 9.69 Å². The highest BCUT2D eigenvalue weighted by molar-refractivity contribution is 6.02. The maximum Gasteiger partial charge on any atom is 0.297 e. The maximum absolute atomic E-state index is 12.2. The summed E-state index contributed by atoms with van der Waals surface area (Å²) in [5, 5.41) is 3.66. The van der Waals surface area contributed by atoms with E-state index in [9.17, 15) is 4.79 Å². The van der Waals surface area contributed by atoms with Gasteiger partial charge in [-0.05, 0) is 0 Å². The molecule has 0 aliphatic carbocycles. The Morgan fingerprint density at radius 2 is 1.89 bits per heavy atom. The summed E-state index contributed by atoms with van der Waals surface area (Å²) in [7, 11) is 4.42. The lowest BCUT2D eigenvalue weighted by Gasteiger charge is -2.13. The number of hydrogen-bond donors (Lipinski definition) is 0. The van der Waals surface area contributed by atoms with Gasteiger partial charge in [0.1, 0.15) is 6.26 Å². The maximum atomic E-state index is 12.2. The molecule has 8 nitrogen and oxygen atoms in total. The van der Waals surface area contributed by atoms with Gasteiger partial charge in [0, 0.05) is 13.1 Å². The number of anilines is 1. The van der Waals surface area contributed by atoms with Crippen molar-refractivity contribution in [2.24, 2.45) is 0 Å². The number of rotatable bonds is 4. The second-order valence-electron chi connectivity index (χ2n) is 3.50. The topological polar surface area (TPSA) is 90.6 Å². The second-order valence-corrected chi connectivity index (χ2v) is 3.50. The lowest BCUT2D eigenvalue weighted by molar-refractivity contribution is 0.0979. The minimum Gasteiger partial charge on any atom is -0.481 e. The number of carbonyl (C=O) groups excluding carboxylic acids is 1. The quantitative estimate of drug-likeness (QED) is 0.805. The average Bonchev–Trinajstić information content (AvgIpc) is 2.99. The van der Waals surface area contributed by atoms with Crippen LogP contribution in [0, 0.1) is 0 Å². The Balaban J connectivity index is 2.32. The van der Waals surface area contributed by atoms with Crippen LogP contribution < -0.4 is 14.4 Å². The Bertz CT molecular complexity index is 548. The molecular formula is C11H12N4O4. The summed E-state index contributed by atoms with van der Waals surface area (Å²) in [5.41, 5.74) is 0. The summed E-state index contributed by atoms with van der Waals surface area (Å²) in [6.45, 7) is 0. The van der Waals surface area contributed by atoms with Crippen LogP contribution in [0.1, 0.15) is 10.6 Å². The largest absolute Gasteiger partial charge is 0.481 e. The van der Waals surface area contributed by atoms with E-state index in [-0.39, 0.29) is 17.6 Å². The average molecular weight is 264 g/mol. The molecule has 1 amide bonds. The van der Waals surface area contributed by atoms with Crippen molar-refractivity contribution in [2.45, 2.75) is 0 Å². The van der Waals surface area contributed by atoms with E-state index in [0.717, 1.165) is 0 Å². The molecule has 0 aliphatic rings. The van der Waals surface area contributed by atoms with Crippen molar-refractivity contribution in [3.63, 3.8) is 0 Å². The predicted octanol–water partition coefficient (Wildman–Crippen LogP) is 0.758. The fourth-order valence-corrected chi connectivity index (χ4v) is 1.34. The van der Waals surface area contributed by atoms with Crippen LogP contribution in [-0.2, 0) is 0 Å². The van der Waals surface area contributed by atoms with Crippen LogP contribution in [0.25, 0.3) is 0 Å². The van der Waals surface area contributed by atoms with Crippen LogP contribution in [0.15, 0.2) is 22.9 Å². The molecule has 0 radical (unpaired) electrons. The lowest BCUT2D eigenvalue weighted by Crippen LogP contribution is -2.28. The summed E-state index contributed by atoms with van der Waals surface area (Å²) in [6, 6.07) is 3.03. The normalized spacial score (nSPS) is 10.1. The first-order chi connectivity index (χ1) is 9.15. The summed E-state index contributed by atoms with van der Waals surface area (Å²) in [4.78, 5) is 21.4. The highest BCUT2D eigenvalue weighted by Gasteiger charge is 2.20. The van der Waals surface area contributed by atoms with E-state index < -0.39 is 5.91 Å². The molecule has 0 atom stereocenters. The van der Waals surface area contributed by atoms with Gasteiger partial charge in [-0.1, -0.05) is 5.16 Å². The van der Waals surface area contributed by atoms with E-state index in [2.05, 4.69) is 19.6 Å². The van der Waals surface area contributed by atoms with Crippen molar-refractivity contribution in [3.8, 4) is 11.8 Å². The van der Waals surface area contributed by atoms with Crippen molar-refractivity contribution in [1.82, 2.24) is 15.1 Å². The molecular weight excluding hydrogens is 252 g/mol.